The van der Waals surface area contributed by atoms with E-state index in [-0.39, 0.29) is 88.3 Å². The topological polar surface area (TPSA) is 144 Å². The molecule has 2 fully saturated rings. The highest BCUT2D eigenvalue weighted by atomic mass is 19.2. The maximum Gasteiger partial charge on any atom is 0.269 e. The summed E-state index contributed by atoms with van der Waals surface area (Å²) in [5.74, 6) is -4.47. The minimum absolute atomic E-state index is 0.0192. The number of carbonyl (C=O) groups is 5. The second-order valence-electron chi connectivity index (χ2n) is 18.6. The number of piperidine rings is 2. The lowest BCUT2D eigenvalue weighted by Gasteiger charge is -2.33. The molecule has 4 aliphatic rings. The minimum atomic E-state index is -1.06. The van der Waals surface area contributed by atoms with Gasteiger partial charge in [0, 0.05) is 87.7 Å². The molecule has 2 aromatic heterocycles. The normalized spacial score (nSPS) is 19.0. The maximum atomic E-state index is 16.7. The minimum Gasteiger partial charge on any atom is -0.348 e. The fraction of sp³-hybridized carbons (Fsp3) is 0.400. The molecule has 6 heterocycles. The highest BCUT2D eigenvalue weighted by Crippen LogP contribution is 2.46. The summed E-state index contributed by atoms with van der Waals surface area (Å²) < 4.78 is 51.4. The third-order valence-electron chi connectivity index (χ3n) is 13.9. The van der Waals surface area contributed by atoms with E-state index < -0.39 is 40.7 Å². The molecule has 4 aliphatic heterocycles. The van der Waals surface area contributed by atoms with Crippen molar-refractivity contribution in [1.29, 1.82) is 0 Å². The lowest BCUT2D eigenvalue weighted by atomic mass is 9.82. The SMILES string of the molecule is CN(C)C(=O)c1cc2c(-c3ccc(C4CCN(CCc5cccc6c5C(C)(C)C(=O)N6C5CCC(=O)NC5=O)CC4)c(F)c3F)cc(C3=CCCN(C(=O)CCn4cccn4)C3)c(F)c2[nH]1. The summed E-state index contributed by atoms with van der Waals surface area (Å²) >= 11 is 0. The van der Waals surface area contributed by atoms with Crippen molar-refractivity contribution in [1.82, 2.24) is 34.8 Å². The Morgan fingerprint density at radius 3 is 2.41 bits per heavy atom. The van der Waals surface area contributed by atoms with Gasteiger partial charge in [0.25, 0.3) is 5.91 Å². The van der Waals surface area contributed by atoms with Crippen molar-refractivity contribution < 1.29 is 37.1 Å². The second kappa shape index (κ2) is 17.7. The van der Waals surface area contributed by atoms with Gasteiger partial charge in [-0.15, -0.1) is 0 Å². The Morgan fingerprint density at radius 2 is 1.68 bits per heavy atom. The lowest BCUT2D eigenvalue weighted by molar-refractivity contribution is -0.136. The first-order valence-corrected chi connectivity index (χ1v) is 22.6. The monoisotopic (exact) mass is 902 g/mol. The fourth-order valence-corrected chi connectivity index (χ4v) is 10.3. The number of amides is 5. The Labute approximate surface area is 380 Å². The number of nitrogens with one attached hydrogen (secondary N) is 2. The van der Waals surface area contributed by atoms with Crippen LogP contribution in [0, 0.1) is 17.5 Å². The van der Waals surface area contributed by atoms with E-state index >= 15 is 13.2 Å². The molecular weight excluding hydrogens is 850 g/mol. The number of benzene rings is 3. The van der Waals surface area contributed by atoms with Crippen molar-refractivity contribution in [2.75, 3.05) is 51.7 Å². The summed E-state index contributed by atoms with van der Waals surface area (Å²) in [6.07, 6.45) is 8.18. The van der Waals surface area contributed by atoms with E-state index in [1.165, 1.54) is 23.1 Å². The first-order valence-electron chi connectivity index (χ1n) is 22.6. The van der Waals surface area contributed by atoms with E-state index in [1.807, 2.05) is 38.1 Å². The molecule has 66 heavy (non-hydrogen) atoms. The number of H-pyrrole nitrogens is 1. The predicted octanol–water partition coefficient (Wildman–Crippen LogP) is 6.71. The molecule has 9 rings (SSSR count). The van der Waals surface area contributed by atoms with Crippen LogP contribution in [0.2, 0.25) is 0 Å². The van der Waals surface area contributed by atoms with Crippen molar-refractivity contribution in [3.63, 3.8) is 0 Å². The number of aryl methyl sites for hydroxylation is 1. The molecule has 3 aromatic carbocycles. The second-order valence-corrected chi connectivity index (χ2v) is 18.6. The van der Waals surface area contributed by atoms with E-state index in [2.05, 4.69) is 20.3 Å². The van der Waals surface area contributed by atoms with Crippen LogP contribution in [0.3, 0.4) is 0 Å². The molecule has 344 valence electrons. The lowest BCUT2D eigenvalue weighted by Crippen LogP contribution is -2.55. The van der Waals surface area contributed by atoms with Crippen molar-refractivity contribution in [3.05, 3.63) is 112 Å². The number of nitrogens with zero attached hydrogens (tertiary/aromatic N) is 6. The van der Waals surface area contributed by atoms with E-state index in [9.17, 15) is 24.0 Å². The Balaban J connectivity index is 0.930. The number of fused-ring (bicyclic) bond motifs is 2. The zero-order valence-corrected chi connectivity index (χ0v) is 37.6. The number of hydrogen-bond acceptors (Lipinski definition) is 7. The van der Waals surface area contributed by atoms with E-state index in [0.29, 0.717) is 69.7 Å². The zero-order chi connectivity index (χ0) is 46.6. The Kier molecular flexibility index (Phi) is 12.0. The third-order valence-corrected chi connectivity index (χ3v) is 13.9. The Hall–Kier alpha value is -6.55. The number of aromatic amines is 1. The molecule has 1 unspecified atom stereocenters. The fourth-order valence-electron chi connectivity index (χ4n) is 10.3. The first-order chi connectivity index (χ1) is 31.6. The number of hydrogen-bond donors (Lipinski definition) is 2. The number of anilines is 1. The van der Waals surface area contributed by atoms with E-state index in [1.54, 1.807) is 53.1 Å². The molecular formula is C50H53F3N8O5. The molecule has 0 spiro atoms. The average molecular weight is 903 g/mol. The summed E-state index contributed by atoms with van der Waals surface area (Å²) in [7, 11) is 3.14. The van der Waals surface area contributed by atoms with Crippen LogP contribution >= 0.6 is 0 Å². The molecule has 16 heteroatoms. The van der Waals surface area contributed by atoms with Gasteiger partial charge >= 0.3 is 0 Å². The largest absolute Gasteiger partial charge is 0.348 e. The predicted molar refractivity (Wildman–Crippen MR) is 243 cm³/mol. The molecule has 5 amide bonds. The van der Waals surface area contributed by atoms with Crippen molar-refractivity contribution in [2.45, 2.75) is 82.7 Å². The number of likely N-dealkylation sites (tertiary alicyclic amines) is 1. The standard InChI is InChI=1S/C50H53F3N8O5/c1-50(2)42-30(8-5-10-38(42)61(49(50)66)39-13-14-40(62)56-47(39)64)17-24-58-22-15-29(16-23-58)32-11-12-33(44(52)43(32)51)35-26-34(45(53)46-36(35)27-37(55-46)48(65)57(3)4)31-9-6-20-59(28-31)41(63)18-25-60-21-7-19-54-60/h5,7-12,19,21,26-27,29,39,55H,6,13-18,20,22-25,28H2,1-4H3,(H,56,62,64). The van der Waals surface area contributed by atoms with Gasteiger partial charge in [-0.25, -0.2) is 13.2 Å². The van der Waals surface area contributed by atoms with Gasteiger partial charge in [-0.3, -0.25) is 38.9 Å². The third kappa shape index (κ3) is 8.09. The summed E-state index contributed by atoms with van der Waals surface area (Å²) in [5, 5.41) is 6.77. The number of imide groups is 1. The molecule has 0 radical (unpaired) electrons. The number of halogens is 3. The quantitative estimate of drug-likeness (QED) is 0.140. The van der Waals surface area contributed by atoms with Crippen molar-refractivity contribution >= 4 is 51.7 Å². The molecule has 0 aliphatic carbocycles. The molecule has 5 aromatic rings. The van der Waals surface area contributed by atoms with Crippen LogP contribution in [0.4, 0.5) is 18.9 Å². The van der Waals surface area contributed by atoms with Gasteiger partial charge in [0.1, 0.15) is 11.7 Å². The van der Waals surface area contributed by atoms with Crippen molar-refractivity contribution in [2.24, 2.45) is 0 Å². The van der Waals surface area contributed by atoms with Crippen LogP contribution in [-0.4, -0.2) is 112 Å². The van der Waals surface area contributed by atoms with Gasteiger partial charge in [-0.05, 0) is 117 Å². The highest BCUT2D eigenvalue weighted by molar-refractivity contribution is 6.14. The number of rotatable bonds is 11. The van der Waals surface area contributed by atoms with Crippen LogP contribution < -0.4 is 10.2 Å². The van der Waals surface area contributed by atoms with E-state index in [4.69, 9.17) is 0 Å². The van der Waals surface area contributed by atoms with Gasteiger partial charge in [0.15, 0.2) is 17.5 Å². The van der Waals surface area contributed by atoms with Gasteiger partial charge in [0.2, 0.25) is 23.6 Å². The van der Waals surface area contributed by atoms with Crippen molar-refractivity contribution in [3.8, 4) is 11.1 Å². The van der Waals surface area contributed by atoms with Gasteiger partial charge in [-0.2, -0.15) is 5.10 Å². The molecule has 13 nitrogen and oxygen atoms in total. The van der Waals surface area contributed by atoms with Crippen LogP contribution in [0.15, 0.2) is 67.0 Å². The van der Waals surface area contributed by atoms with Gasteiger partial charge in [0.05, 0.1) is 10.9 Å². The molecule has 0 saturated carbocycles. The van der Waals surface area contributed by atoms with Crippen LogP contribution in [0.25, 0.3) is 27.6 Å². The Bertz CT molecular complexity index is 2810. The maximum absolute atomic E-state index is 16.7. The summed E-state index contributed by atoms with van der Waals surface area (Å²) in [4.78, 5) is 74.7. The van der Waals surface area contributed by atoms with E-state index in [0.717, 1.165) is 11.1 Å². The molecule has 2 N–H and O–H groups in total. The average Bonchev–Trinajstić information content (AvgIpc) is 4.05. The zero-order valence-electron chi connectivity index (χ0n) is 37.6. The van der Waals surface area contributed by atoms with Gasteiger partial charge < -0.3 is 19.7 Å². The first kappa shape index (κ1) is 44.6. The summed E-state index contributed by atoms with van der Waals surface area (Å²) in [5.41, 5.74) is 2.83. The number of carbonyl (C=O) groups excluding carboxylic acids is 5. The van der Waals surface area contributed by atoms with Crippen LogP contribution in [0.1, 0.15) is 91.0 Å². The number of aromatic nitrogens is 3. The Morgan fingerprint density at radius 1 is 0.894 bits per heavy atom. The summed E-state index contributed by atoms with van der Waals surface area (Å²) in [6, 6.07) is 12.9. The van der Waals surface area contributed by atoms with Crippen LogP contribution in [-0.2, 0) is 37.6 Å². The van der Waals surface area contributed by atoms with Gasteiger partial charge in [-0.1, -0.05) is 30.3 Å². The van der Waals surface area contributed by atoms with Crippen LogP contribution in [0.5, 0.6) is 0 Å². The highest BCUT2D eigenvalue weighted by Gasteiger charge is 2.50. The molecule has 2 saturated heterocycles. The summed E-state index contributed by atoms with van der Waals surface area (Å²) in [6.45, 7) is 6.64. The molecule has 0 bridgehead atoms. The smallest absolute Gasteiger partial charge is 0.269 e. The molecule has 1 atom stereocenters.